The smallest absolute Gasteiger partial charge is 0.391 e. The highest BCUT2D eigenvalue weighted by atomic mass is 32.2. The fourth-order valence-corrected chi connectivity index (χ4v) is 11.1. The predicted octanol–water partition coefficient (Wildman–Crippen LogP) is 6.67. The van der Waals surface area contributed by atoms with Crippen molar-refractivity contribution in [3.63, 3.8) is 0 Å². The molecule has 3 aromatic rings. The van der Waals surface area contributed by atoms with Gasteiger partial charge in [0.05, 0.1) is 42.0 Å². The standard InChI is InChI=1S/C45H57F3N6O8S2/c1-9-26-21-44(26,42(58)52-64(59,60)29-10-11-29)51-39(56)34-18-28(22-54(34)41(57)31(43(5,6)7)19-37(55)53-16-14-27(15-17-53)45(46,47)48)62-36-20-32(40-50-33(23-63-40)24(2)3)49-38-25(4)35(61-8)13-12-30(36)38/h9,12-13,20,23-24,26-29,31,34H,1,10-11,14-19,21-22H2,2-8H3,(H,51,56)(H,52,58)/t26?,28-,31-,34+,44+/m1/s1. The van der Waals surface area contributed by atoms with Crippen molar-refractivity contribution in [2.75, 3.05) is 26.7 Å². The highest BCUT2D eigenvalue weighted by Crippen LogP contribution is 2.46. The third-order valence-electron chi connectivity index (χ3n) is 13.1. The average Bonchev–Trinajstić information content (AvgIpc) is 4.11. The Morgan fingerprint density at radius 1 is 1.06 bits per heavy atom. The number of nitrogens with zero attached hydrogens (tertiary/aromatic N) is 4. The van der Waals surface area contributed by atoms with E-state index in [0.29, 0.717) is 45.9 Å². The van der Waals surface area contributed by atoms with Crippen LogP contribution in [0.1, 0.15) is 96.7 Å². The monoisotopic (exact) mass is 930 g/mol. The first-order valence-corrected chi connectivity index (χ1v) is 24.2. The van der Waals surface area contributed by atoms with Crippen LogP contribution >= 0.6 is 11.3 Å². The van der Waals surface area contributed by atoms with E-state index in [1.807, 2.05) is 32.2 Å². The van der Waals surface area contributed by atoms with Crippen LogP contribution in [0.2, 0.25) is 0 Å². The molecule has 0 radical (unpaired) electrons. The van der Waals surface area contributed by atoms with E-state index in [9.17, 15) is 36.0 Å². The number of rotatable bonds is 14. The second-order valence-electron chi connectivity index (χ2n) is 19.0. The number of aromatic nitrogens is 2. The lowest BCUT2D eigenvalue weighted by molar-refractivity contribution is -0.186. The minimum Gasteiger partial charge on any atom is -0.496 e. The second-order valence-corrected chi connectivity index (χ2v) is 21.8. The minimum atomic E-state index is -4.37. The molecule has 19 heteroatoms. The number of thiazole rings is 1. The van der Waals surface area contributed by atoms with Gasteiger partial charge < -0.3 is 24.6 Å². The summed E-state index contributed by atoms with van der Waals surface area (Å²) < 4.78 is 80.7. The zero-order chi connectivity index (χ0) is 46.7. The Labute approximate surface area is 375 Å². The molecule has 2 saturated heterocycles. The van der Waals surface area contributed by atoms with Crippen LogP contribution in [0.15, 0.2) is 36.2 Å². The Kier molecular flexibility index (Phi) is 12.9. The molecule has 4 heterocycles. The number of carbonyl (C=O) groups is 4. The number of likely N-dealkylation sites (tertiary alicyclic amines) is 2. The third-order valence-corrected chi connectivity index (χ3v) is 15.8. The molecule has 7 rings (SSSR count). The molecule has 2 aliphatic heterocycles. The van der Waals surface area contributed by atoms with Gasteiger partial charge in [-0.25, -0.2) is 18.4 Å². The van der Waals surface area contributed by atoms with Crippen LogP contribution in [0.3, 0.4) is 0 Å². The van der Waals surface area contributed by atoms with Crippen LogP contribution < -0.4 is 19.5 Å². The number of ether oxygens (including phenoxy) is 2. The van der Waals surface area contributed by atoms with Crippen molar-refractivity contribution in [1.82, 2.24) is 29.8 Å². The Hall–Kier alpha value is -4.78. The van der Waals surface area contributed by atoms with Gasteiger partial charge in [0.15, 0.2) is 0 Å². The summed E-state index contributed by atoms with van der Waals surface area (Å²) in [4.78, 5) is 69.7. The molecular weight excluding hydrogens is 874 g/mol. The second kappa shape index (κ2) is 17.5. The van der Waals surface area contributed by atoms with Crippen molar-refractivity contribution < 1.29 is 50.2 Å². The number of carbonyl (C=O) groups excluding carboxylic acids is 4. The van der Waals surface area contributed by atoms with Crippen molar-refractivity contribution in [1.29, 1.82) is 0 Å². The fourth-order valence-electron chi connectivity index (χ4n) is 8.77. The lowest BCUT2D eigenvalue weighted by Crippen LogP contribution is -2.57. The Bertz CT molecular complexity index is 2440. The lowest BCUT2D eigenvalue weighted by atomic mass is 9.77. The molecule has 4 aliphatic rings. The van der Waals surface area contributed by atoms with Gasteiger partial charge in [-0.15, -0.1) is 17.9 Å². The topological polar surface area (TPSA) is 177 Å². The first-order chi connectivity index (χ1) is 30.0. The van der Waals surface area contributed by atoms with E-state index in [2.05, 4.69) is 16.6 Å². The number of hydrogen-bond acceptors (Lipinski definition) is 11. The summed E-state index contributed by atoms with van der Waals surface area (Å²) in [5.74, 6) is -4.56. The number of halogens is 3. The van der Waals surface area contributed by atoms with Crippen LogP contribution in [0.25, 0.3) is 21.6 Å². The summed E-state index contributed by atoms with van der Waals surface area (Å²) in [5.41, 5.74) is 0.300. The minimum absolute atomic E-state index is 0.0484. The maximum absolute atomic E-state index is 15.0. The number of methoxy groups -OCH3 is 1. The van der Waals surface area contributed by atoms with Gasteiger partial charge in [-0.2, -0.15) is 13.2 Å². The number of benzene rings is 1. The maximum Gasteiger partial charge on any atom is 0.391 e. The van der Waals surface area contributed by atoms with Crippen LogP contribution in [-0.4, -0.2) is 108 Å². The molecule has 1 aromatic carbocycles. The van der Waals surface area contributed by atoms with Crippen LogP contribution in [-0.2, 0) is 29.2 Å². The maximum atomic E-state index is 15.0. The molecular formula is C45H57F3N6O8S2. The quantitative estimate of drug-likeness (QED) is 0.166. The summed E-state index contributed by atoms with van der Waals surface area (Å²) in [6.07, 6.45) is -3.62. The molecule has 4 fully saturated rings. The van der Waals surface area contributed by atoms with E-state index in [4.69, 9.17) is 19.4 Å². The average molecular weight is 931 g/mol. The zero-order valence-electron chi connectivity index (χ0n) is 37.2. The van der Waals surface area contributed by atoms with Crippen LogP contribution in [0.5, 0.6) is 11.5 Å². The van der Waals surface area contributed by atoms with Gasteiger partial charge in [0.25, 0.3) is 5.91 Å². The molecule has 0 spiro atoms. The van der Waals surface area contributed by atoms with E-state index < -0.39 is 85.9 Å². The molecule has 64 heavy (non-hydrogen) atoms. The number of fused-ring (bicyclic) bond motifs is 1. The van der Waals surface area contributed by atoms with E-state index in [0.717, 1.165) is 11.3 Å². The molecule has 2 aliphatic carbocycles. The Balaban J connectivity index is 1.22. The molecule has 348 valence electrons. The molecule has 2 aromatic heterocycles. The molecule has 5 atom stereocenters. The highest BCUT2D eigenvalue weighted by molar-refractivity contribution is 7.91. The molecule has 14 nitrogen and oxygen atoms in total. The van der Waals surface area contributed by atoms with Crippen molar-refractivity contribution in [2.24, 2.45) is 23.2 Å². The number of pyridine rings is 1. The van der Waals surface area contributed by atoms with Gasteiger partial charge >= 0.3 is 6.18 Å². The number of amides is 4. The molecule has 0 bridgehead atoms. The molecule has 1 unspecified atom stereocenters. The third kappa shape index (κ3) is 9.60. The number of piperidine rings is 1. The number of nitrogens with one attached hydrogen (secondary N) is 2. The summed E-state index contributed by atoms with van der Waals surface area (Å²) in [6, 6.07) is 4.14. The highest BCUT2D eigenvalue weighted by Gasteiger charge is 2.62. The van der Waals surface area contributed by atoms with Crippen molar-refractivity contribution in [2.45, 2.75) is 122 Å². The van der Waals surface area contributed by atoms with Gasteiger partial charge in [-0.1, -0.05) is 40.7 Å². The first kappa shape index (κ1) is 47.2. The van der Waals surface area contributed by atoms with E-state index in [-0.39, 0.29) is 57.7 Å². The van der Waals surface area contributed by atoms with Gasteiger partial charge in [-0.05, 0) is 62.5 Å². The first-order valence-electron chi connectivity index (χ1n) is 21.7. The normalized spacial score (nSPS) is 23.5. The van der Waals surface area contributed by atoms with E-state index in [1.54, 1.807) is 40.0 Å². The number of sulfonamides is 1. The summed E-state index contributed by atoms with van der Waals surface area (Å²) in [5, 5.41) is 5.38. The van der Waals surface area contributed by atoms with Gasteiger partial charge in [0, 0.05) is 54.2 Å². The number of hydrogen-bond donors (Lipinski definition) is 2. The van der Waals surface area contributed by atoms with Crippen molar-refractivity contribution in [3.8, 4) is 22.2 Å². The van der Waals surface area contributed by atoms with Crippen LogP contribution in [0, 0.1) is 30.1 Å². The van der Waals surface area contributed by atoms with Crippen molar-refractivity contribution >= 4 is 55.9 Å². The van der Waals surface area contributed by atoms with Gasteiger partial charge in [0.2, 0.25) is 27.7 Å². The van der Waals surface area contributed by atoms with Crippen molar-refractivity contribution in [3.05, 3.63) is 47.5 Å². The Morgan fingerprint density at radius 3 is 2.31 bits per heavy atom. The lowest BCUT2D eigenvalue weighted by Gasteiger charge is -2.37. The zero-order valence-corrected chi connectivity index (χ0v) is 38.8. The SMILES string of the molecule is C=CC1C[C@@]1(NC(=O)[C@@H]1C[C@@H](Oc2cc(-c3nc(C(C)C)cs3)nc3c(C)c(OC)ccc23)CN1C(=O)[C@@H](CC(=O)N1CCC(C(F)(F)F)CC1)C(C)(C)C)C(=O)NS(=O)(=O)C1CC1. The Morgan fingerprint density at radius 2 is 1.75 bits per heavy atom. The van der Waals surface area contributed by atoms with Gasteiger partial charge in [-0.3, -0.25) is 23.9 Å². The van der Waals surface area contributed by atoms with Crippen LogP contribution in [0.4, 0.5) is 13.2 Å². The number of aryl methyl sites for hydroxylation is 1. The predicted molar refractivity (Wildman–Crippen MR) is 235 cm³/mol. The number of alkyl halides is 3. The molecule has 2 saturated carbocycles. The fraction of sp³-hybridized carbons (Fsp3) is 0.600. The summed E-state index contributed by atoms with van der Waals surface area (Å²) in [6.45, 7) is 14.8. The summed E-state index contributed by atoms with van der Waals surface area (Å²) in [7, 11) is -2.41. The van der Waals surface area contributed by atoms with Gasteiger partial charge in [0.1, 0.15) is 39.9 Å². The van der Waals surface area contributed by atoms with E-state index in [1.165, 1.54) is 27.2 Å². The summed E-state index contributed by atoms with van der Waals surface area (Å²) >= 11 is 1.44. The van der Waals surface area contributed by atoms with E-state index >= 15 is 4.79 Å². The molecule has 4 amide bonds. The largest absolute Gasteiger partial charge is 0.496 e. The molecule has 2 N–H and O–H groups in total.